The molecule has 0 unspecified atom stereocenters. The predicted molar refractivity (Wildman–Crippen MR) is 118 cm³/mol. The van der Waals surface area contributed by atoms with Crippen LogP contribution in [-0.2, 0) is 9.59 Å². The van der Waals surface area contributed by atoms with Gasteiger partial charge < -0.3 is 0 Å². The fourth-order valence-electron chi connectivity index (χ4n) is 4.87. The lowest BCUT2D eigenvalue weighted by Crippen LogP contribution is -2.31. The number of hydrogen-bond acceptors (Lipinski definition) is 3. The summed E-state index contributed by atoms with van der Waals surface area (Å²) in [5, 5.41) is 9.08. The van der Waals surface area contributed by atoms with Crippen molar-refractivity contribution in [1.29, 1.82) is 5.26 Å². The molecule has 3 aromatic rings. The normalized spacial score (nSPS) is 24.7. The molecule has 1 heterocycles. The first-order chi connectivity index (χ1) is 15.2. The fraction of sp³-hybridized carbons (Fsp3) is 0.148. The third-order valence-corrected chi connectivity index (χ3v) is 6.32. The fourth-order valence-corrected chi connectivity index (χ4v) is 4.87. The minimum absolute atomic E-state index is 0.161. The Bertz CT molecular complexity index is 1130. The molecular formula is C27H20N2O2. The van der Waals surface area contributed by atoms with Crippen LogP contribution in [0.2, 0.25) is 0 Å². The number of hydrogen-bond donors (Lipinski definition) is 0. The quantitative estimate of drug-likeness (QED) is 0.465. The van der Waals surface area contributed by atoms with Gasteiger partial charge in [0, 0.05) is 11.8 Å². The zero-order valence-electron chi connectivity index (χ0n) is 16.8. The highest BCUT2D eigenvalue weighted by Crippen LogP contribution is 2.50. The molecule has 1 saturated heterocycles. The van der Waals surface area contributed by atoms with Gasteiger partial charge in [-0.25, -0.2) is 4.90 Å². The van der Waals surface area contributed by atoms with Crippen molar-refractivity contribution < 1.29 is 9.59 Å². The van der Waals surface area contributed by atoms with Crippen LogP contribution in [0.5, 0.6) is 0 Å². The SMILES string of the molecule is N#Cc1ccc(N2C(=O)[C@@H]3[C@H](C2=O)[C@H](c2ccccc2)C=C[C@@H]3c2ccccc2)cc1. The van der Waals surface area contributed by atoms with Crippen LogP contribution in [0.4, 0.5) is 5.69 Å². The van der Waals surface area contributed by atoms with Crippen molar-refractivity contribution in [1.82, 2.24) is 0 Å². The lowest BCUT2D eigenvalue weighted by atomic mass is 9.68. The molecule has 4 atom stereocenters. The Hall–Kier alpha value is -3.97. The van der Waals surface area contributed by atoms with E-state index in [0.717, 1.165) is 11.1 Å². The molecule has 4 heteroatoms. The Morgan fingerprint density at radius 1 is 0.645 bits per heavy atom. The molecule has 1 aliphatic heterocycles. The highest BCUT2D eigenvalue weighted by molar-refractivity contribution is 6.23. The second-order valence-corrected chi connectivity index (χ2v) is 7.98. The minimum atomic E-state index is -0.472. The van der Waals surface area contributed by atoms with Crippen LogP contribution in [0.1, 0.15) is 28.5 Å². The zero-order chi connectivity index (χ0) is 21.4. The minimum Gasteiger partial charge on any atom is -0.274 e. The summed E-state index contributed by atoms with van der Waals surface area (Å²) in [6.45, 7) is 0. The van der Waals surface area contributed by atoms with E-state index in [1.807, 2.05) is 60.7 Å². The lowest BCUT2D eigenvalue weighted by Gasteiger charge is -2.32. The molecule has 150 valence electrons. The van der Waals surface area contributed by atoms with Gasteiger partial charge in [-0.15, -0.1) is 0 Å². The number of rotatable bonds is 3. The van der Waals surface area contributed by atoms with E-state index in [-0.39, 0.29) is 23.7 Å². The number of allylic oxidation sites excluding steroid dienone is 2. The molecule has 0 radical (unpaired) electrons. The van der Waals surface area contributed by atoms with Crippen molar-refractivity contribution >= 4 is 17.5 Å². The van der Waals surface area contributed by atoms with E-state index in [1.54, 1.807) is 24.3 Å². The highest BCUT2D eigenvalue weighted by Gasteiger charge is 2.55. The van der Waals surface area contributed by atoms with E-state index in [2.05, 4.69) is 18.2 Å². The van der Waals surface area contributed by atoms with Crippen LogP contribution in [0.3, 0.4) is 0 Å². The summed E-state index contributed by atoms with van der Waals surface area (Å²) in [6.07, 6.45) is 4.17. The van der Waals surface area contributed by atoms with Crippen molar-refractivity contribution in [2.75, 3.05) is 4.90 Å². The van der Waals surface area contributed by atoms with Crippen LogP contribution < -0.4 is 4.90 Å². The Kier molecular flexibility index (Phi) is 4.72. The van der Waals surface area contributed by atoms with Crippen LogP contribution >= 0.6 is 0 Å². The summed E-state index contributed by atoms with van der Waals surface area (Å²) in [6, 6.07) is 28.5. The molecular weight excluding hydrogens is 384 g/mol. The van der Waals surface area contributed by atoms with E-state index in [0.29, 0.717) is 11.3 Å². The highest BCUT2D eigenvalue weighted by atomic mass is 16.2. The summed E-state index contributed by atoms with van der Waals surface area (Å²) in [4.78, 5) is 28.7. The Morgan fingerprint density at radius 3 is 1.52 bits per heavy atom. The first kappa shape index (κ1) is 19.0. The number of nitrogens with zero attached hydrogens (tertiary/aromatic N) is 2. The molecule has 31 heavy (non-hydrogen) atoms. The molecule has 0 aromatic heterocycles. The molecule has 0 bridgehead atoms. The van der Waals surface area contributed by atoms with E-state index < -0.39 is 11.8 Å². The molecule has 0 saturated carbocycles. The van der Waals surface area contributed by atoms with Gasteiger partial charge in [0.15, 0.2) is 0 Å². The molecule has 0 N–H and O–H groups in total. The van der Waals surface area contributed by atoms with Gasteiger partial charge in [0.1, 0.15) is 0 Å². The maximum absolute atomic E-state index is 13.7. The second-order valence-electron chi connectivity index (χ2n) is 7.98. The third-order valence-electron chi connectivity index (χ3n) is 6.32. The van der Waals surface area contributed by atoms with Crippen molar-refractivity contribution in [3.05, 3.63) is 114 Å². The number of amides is 2. The average Bonchev–Trinajstić information content (AvgIpc) is 3.10. The molecule has 2 aliphatic rings. The topological polar surface area (TPSA) is 61.2 Å². The molecule has 2 amide bonds. The second kappa shape index (κ2) is 7.70. The van der Waals surface area contributed by atoms with E-state index in [1.165, 1.54) is 4.90 Å². The number of nitriles is 1. The van der Waals surface area contributed by atoms with Gasteiger partial charge in [-0.3, -0.25) is 9.59 Å². The van der Waals surface area contributed by atoms with Gasteiger partial charge in [-0.1, -0.05) is 72.8 Å². The van der Waals surface area contributed by atoms with Crippen LogP contribution in [0, 0.1) is 23.2 Å². The number of carbonyl (C=O) groups excluding carboxylic acids is 2. The Balaban J connectivity index is 1.61. The number of fused-ring (bicyclic) bond motifs is 1. The van der Waals surface area contributed by atoms with Gasteiger partial charge in [-0.05, 0) is 35.4 Å². The number of imide groups is 1. The number of carbonyl (C=O) groups is 2. The van der Waals surface area contributed by atoms with Crippen molar-refractivity contribution in [3.8, 4) is 6.07 Å². The Morgan fingerprint density at radius 2 is 1.10 bits per heavy atom. The largest absolute Gasteiger partial charge is 0.274 e. The standard InChI is InChI=1S/C27H20N2O2/c28-17-18-11-13-21(14-12-18)29-26(30)24-22(19-7-3-1-4-8-19)15-16-23(25(24)27(29)31)20-9-5-2-6-10-20/h1-16,22-25H/t22-,23+,24+,25-. The van der Waals surface area contributed by atoms with Crippen LogP contribution in [0.25, 0.3) is 0 Å². The van der Waals surface area contributed by atoms with E-state index >= 15 is 0 Å². The van der Waals surface area contributed by atoms with Gasteiger partial charge in [0.25, 0.3) is 0 Å². The smallest absolute Gasteiger partial charge is 0.238 e. The van der Waals surface area contributed by atoms with Gasteiger partial charge in [0.05, 0.1) is 29.2 Å². The zero-order valence-corrected chi connectivity index (χ0v) is 16.8. The predicted octanol–water partition coefficient (Wildman–Crippen LogP) is 4.80. The average molecular weight is 404 g/mol. The molecule has 1 aliphatic carbocycles. The number of benzene rings is 3. The molecule has 4 nitrogen and oxygen atoms in total. The van der Waals surface area contributed by atoms with Crippen molar-refractivity contribution in [2.45, 2.75) is 11.8 Å². The first-order valence-electron chi connectivity index (χ1n) is 10.4. The molecule has 5 rings (SSSR count). The van der Waals surface area contributed by atoms with E-state index in [4.69, 9.17) is 5.26 Å². The first-order valence-corrected chi connectivity index (χ1v) is 10.4. The van der Waals surface area contributed by atoms with Crippen molar-refractivity contribution in [2.24, 2.45) is 11.8 Å². The summed E-state index contributed by atoms with van der Waals surface area (Å²) in [5.41, 5.74) is 3.07. The van der Waals surface area contributed by atoms with E-state index in [9.17, 15) is 9.59 Å². The molecule has 1 fully saturated rings. The summed E-state index contributed by atoms with van der Waals surface area (Å²) in [5.74, 6) is -1.63. The van der Waals surface area contributed by atoms with Crippen molar-refractivity contribution in [3.63, 3.8) is 0 Å². The maximum Gasteiger partial charge on any atom is 0.238 e. The summed E-state index contributed by atoms with van der Waals surface area (Å²) >= 11 is 0. The molecule has 0 spiro atoms. The monoisotopic (exact) mass is 404 g/mol. The summed E-state index contributed by atoms with van der Waals surface area (Å²) in [7, 11) is 0. The maximum atomic E-state index is 13.7. The lowest BCUT2D eigenvalue weighted by molar-refractivity contribution is -0.122. The Labute approximate surface area is 181 Å². The van der Waals surface area contributed by atoms with Gasteiger partial charge in [0.2, 0.25) is 11.8 Å². The van der Waals surface area contributed by atoms with Gasteiger partial charge in [-0.2, -0.15) is 5.26 Å². The molecule has 3 aromatic carbocycles. The van der Waals surface area contributed by atoms with Crippen LogP contribution in [0.15, 0.2) is 97.1 Å². The van der Waals surface area contributed by atoms with Crippen LogP contribution in [-0.4, -0.2) is 11.8 Å². The third kappa shape index (κ3) is 3.15. The summed E-state index contributed by atoms with van der Waals surface area (Å²) < 4.78 is 0. The number of anilines is 1. The van der Waals surface area contributed by atoms with Gasteiger partial charge >= 0.3 is 0 Å².